The molecule has 0 radical (unpaired) electrons. The number of fused-ring (bicyclic) bond motifs is 1. The van der Waals surface area contributed by atoms with Gasteiger partial charge in [0, 0.05) is 18.0 Å². The summed E-state index contributed by atoms with van der Waals surface area (Å²) in [7, 11) is 0. The van der Waals surface area contributed by atoms with Gasteiger partial charge in [-0.25, -0.2) is 8.78 Å². The van der Waals surface area contributed by atoms with Gasteiger partial charge in [0.1, 0.15) is 0 Å². The molecule has 0 aliphatic heterocycles. The van der Waals surface area contributed by atoms with E-state index in [1.807, 2.05) is 30.3 Å². The fourth-order valence-corrected chi connectivity index (χ4v) is 4.95. The summed E-state index contributed by atoms with van der Waals surface area (Å²) < 4.78 is 27.2. The number of carboxylic acids is 1. The molecule has 1 atom stereocenters. The standard InChI is InChI=1S/C34H35F2NO3/c1-34(2,3)17-4-5-29(22-6-8-23(9-7-22)33(40)37-18-16-32(38)39)28-13-12-24-19-25(10-11-26(24)20-28)27-14-15-30(35)31(36)21-27/h6-15,19-21,29H,4-5,16-18H2,1-3H3,(H,37,40)(H,38,39). The second-order valence-corrected chi connectivity index (χ2v) is 11.5. The molecule has 0 bridgehead atoms. The smallest absolute Gasteiger partial charge is 0.305 e. The number of carbonyl (C=O) groups excluding carboxylic acids is 1. The van der Waals surface area contributed by atoms with E-state index in [1.165, 1.54) is 11.6 Å². The number of hydrogen-bond donors (Lipinski definition) is 2. The number of amides is 1. The number of carbonyl (C=O) groups is 2. The van der Waals surface area contributed by atoms with Crippen molar-refractivity contribution in [3.63, 3.8) is 0 Å². The molecule has 40 heavy (non-hydrogen) atoms. The Morgan fingerprint density at radius 2 is 1.43 bits per heavy atom. The van der Waals surface area contributed by atoms with Crippen LogP contribution in [-0.2, 0) is 4.79 Å². The van der Waals surface area contributed by atoms with Crippen LogP contribution in [0.1, 0.15) is 73.9 Å². The molecule has 0 spiro atoms. The molecule has 2 N–H and O–H groups in total. The topological polar surface area (TPSA) is 66.4 Å². The van der Waals surface area contributed by atoms with Crippen LogP contribution in [0.5, 0.6) is 0 Å². The normalized spacial score (nSPS) is 12.3. The van der Waals surface area contributed by atoms with Gasteiger partial charge in [-0.3, -0.25) is 9.59 Å². The molecule has 0 aliphatic carbocycles. The molecule has 1 amide bonds. The van der Waals surface area contributed by atoms with Crippen LogP contribution in [0.2, 0.25) is 0 Å². The summed E-state index contributed by atoms with van der Waals surface area (Å²) in [6.07, 6.45) is 2.95. The molecule has 4 rings (SSSR count). The van der Waals surface area contributed by atoms with Crippen LogP contribution in [0.25, 0.3) is 21.9 Å². The number of nitrogens with one attached hydrogen (secondary N) is 1. The fraction of sp³-hybridized carbons (Fsp3) is 0.294. The average Bonchev–Trinajstić information content (AvgIpc) is 2.91. The summed E-state index contributed by atoms with van der Waals surface area (Å²) in [6, 6.07) is 23.7. The van der Waals surface area contributed by atoms with Gasteiger partial charge < -0.3 is 10.4 Å². The Bertz CT molecular complexity index is 1510. The van der Waals surface area contributed by atoms with Crippen LogP contribution in [0.15, 0.2) is 78.9 Å². The lowest BCUT2D eigenvalue weighted by molar-refractivity contribution is -0.136. The van der Waals surface area contributed by atoms with Gasteiger partial charge in [0.05, 0.1) is 6.42 Å². The van der Waals surface area contributed by atoms with Crippen molar-refractivity contribution >= 4 is 22.6 Å². The molecule has 1 unspecified atom stereocenters. The zero-order valence-electron chi connectivity index (χ0n) is 23.1. The summed E-state index contributed by atoms with van der Waals surface area (Å²) in [6.45, 7) is 6.79. The van der Waals surface area contributed by atoms with Crippen molar-refractivity contribution in [2.24, 2.45) is 5.41 Å². The summed E-state index contributed by atoms with van der Waals surface area (Å²) in [5, 5.41) is 13.5. The first-order valence-electron chi connectivity index (χ1n) is 13.6. The van der Waals surface area contributed by atoms with Crippen molar-refractivity contribution in [2.45, 2.75) is 52.4 Å². The highest BCUT2D eigenvalue weighted by Crippen LogP contribution is 2.35. The third kappa shape index (κ3) is 7.53. The van der Waals surface area contributed by atoms with Crippen molar-refractivity contribution in [1.29, 1.82) is 0 Å². The molecular weight excluding hydrogens is 508 g/mol. The van der Waals surface area contributed by atoms with E-state index in [1.54, 1.807) is 18.2 Å². The molecule has 208 valence electrons. The highest BCUT2D eigenvalue weighted by Gasteiger charge is 2.18. The third-order valence-corrected chi connectivity index (χ3v) is 7.14. The zero-order valence-corrected chi connectivity index (χ0v) is 23.1. The van der Waals surface area contributed by atoms with E-state index in [0.29, 0.717) is 11.1 Å². The molecule has 4 nitrogen and oxygen atoms in total. The lowest BCUT2D eigenvalue weighted by Crippen LogP contribution is -2.25. The SMILES string of the molecule is CC(C)(C)CCCC(c1ccc(C(=O)NCCC(=O)O)cc1)c1ccc2cc(-c3ccc(F)c(F)c3)ccc2c1. The van der Waals surface area contributed by atoms with E-state index < -0.39 is 17.6 Å². The summed E-state index contributed by atoms with van der Waals surface area (Å²) in [5.74, 6) is -2.85. The molecule has 0 aromatic heterocycles. The van der Waals surface area contributed by atoms with Crippen LogP contribution in [0.4, 0.5) is 8.78 Å². The van der Waals surface area contributed by atoms with Gasteiger partial charge in [0.15, 0.2) is 11.6 Å². The predicted octanol–water partition coefficient (Wildman–Crippen LogP) is 8.34. The largest absolute Gasteiger partial charge is 0.481 e. The minimum Gasteiger partial charge on any atom is -0.481 e. The lowest BCUT2D eigenvalue weighted by atomic mass is 9.82. The third-order valence-electron chi connectivity index (χ3n) is 7.14. The van der Waals surface area contributed by atoms with Gasteiger partial charge in [-0.1, -0.05) is 75.7 Å². The van der Waals surface area contributed by atoms with Gasteiger partial charge >= 0.3 is 5.97 Å². The number of aliphatic carboxylic acids is 1. The fourth-order valence-electron chi connectivity index (χ4n) is 4.95. The monoisotopic (exact) mass is 543 g/mol. The number of carboxylic acid groups (broad SMARTS) is 1. The van der Waals surface area contributed by atoms with Crippen LogP contribution in [0.3, 0.4) is 0 Å². The first kappa shape index (κ1) is 28.9. The predicted molar refractivity (Wildman–Crippen MR) is 155 cm³/mol. The van der Waals surface area contributed by atoms with Crippen molar-refractivity contribution in [2.75, 3.05) is 6.54 Å². The molecule has 0 saturated carbocycles. The maximum atomic E-state index is 13.8. The Labute approximate surface area is 234 Å². The average molecular weight is 544 g/mol. The Kier molecular flexibility index (Phi) is 8.98. The van der Waals surface area contributed by atoms with E-state index in [2.05, 4.69) is 44.3 Å². The minimum absolute atomic E-state index is 0.0836. The van der Waals surface area contributed by atoms with Crippen molar-refractivity contribution < 1.29 is 23.5 Å². The van der Waals surface area contributed by atoms with E-state index in [-0.39, 0.29) is 30.2 Å². The number of benzene rings is 4. The van der Waals surface area contributed by atoms with Crippen molar-refractivity contribution in [3.05, 3.63) is 107 Å². The van der Waals surface area contributed by atoms with Gasteiger partial charge in [-0.15, -0.1) is 0 Å². The van der Waals surface area contributed by atoms with Crippen LogP contribution >= 0.6 is 0 Å². The molecule has 4 aromatic carbocycles. The molecule has 6 heteroatoms. The molecule has 4 aromatic rings. The highest BCUT2D eigenvalue weighted by atomic mass is 19.2. The quantitative estimate of drug-likeness (QED) is 0.211. The summed E-state index contributed by atoms with van der Waals surface area (Å²) in [5.41, 5.74) is 4.43. The first-order chi connectivity index (χ1) is 19.0. The number of halogens is 2. The maximum absolute atomic E-state index is 13.8. The van der Waals surface area contributed by atoms with Gasteiger partial charge in [-0.2, -0.15) is 0 Å². The summed E-state index contributed by atoms with van der Waals surface area (Å²) in [4.78, 5) is 23.2. The van der Waals surface area contributed by atoms with E-state index in [0.717, 1.165) is 47.2 Å². The maximum Gasteiger partial charge on any atom is 0.305 e. The molecule has 0 saturated heterocycles. The molecule has 0 fully saturated rings. The van der Waals surface area contributed by atoms with E-state index in [9.17, 15) is 18.4 Å². The lowest BCUT2D eigenvalue weighted by Gasteiger charge is -2.23. The van der Waals surface area contributed by atoms with Crippen molar-refractivity contribution in [3.8, 4) is 11.1 Å². The minimum atomic E-state index is -0.954. The molecular formula is C34H35F2NO3. The van der Waals surface area contributed by atoms with Crippen LogP contribution < -0.4 is 5.32 Å². The van der Waals surface area contributed by atoms with Crippen LogP contribution in [0, 0.1) is 17.0 Å². The van der Waals surface area contributed by atoms with Gasteiger partial charge in [0.25, 0.3) is 5.91 Å². The van der Waals surface area contributed by atoms with Gasteiger partial charge in [-0.05, 0) is 81.6 Å². The number of hydrogen-bond acceptors (Lipinski definition) is 2. The Morgan fingerprint density at radius 1 is 0.800 bits per heavy atom. The Balaban J connectivity index is 1.60. The zero-order chi connectivity index (χ0) is 28.9. The van der Waals surface area contributed by atoms with E-state index in [4.69, 9.17) is 5.11 Å². The molecule has 0 heterocycles. The van der Waals surface area contributed by atoms with Crippen molar-refractivity contribution in [1.82, 2.24) is 5.32 Å². The summed E-state index contributed by atoms with van der Waals surface area (Å²) >= 11 is 0. The second-order valence-electron chi connectivity index (χ2n) is 11.5. The highest BCUT2D eigenvalue weighted by molar-refractivity contribution is 5.94. The van der Waals surface area contributed by atoms with E-state index >= 15 is 0 Å². The molecule has 0 aliphatic rings. The second kappa shape index (κ2) is 12.4. The number of rotatable bonds is 10. The first-order valence-corrected chi connectivity index (χ1v) is 13.6. The van der Waals surface area contributed by atoms with Crippen LogP contribution in [-0.4, -0.2) is 23.5 Å². The van der Waals surface area contributed by atoms with Gasteiger partial charge in [0.2, 0.25) is 0 Å². The Morgan fingerprint density at radius 3 is 2.10 bits per heavy atom. The Hall–Kier alpha value is -4.06.